The zero-order chi connectivity index (χ0) is 22.0. The molecular formula is C25H37NO3. The molecule has 0 aromatic carbocycles. The second-order valence-electron chi connectivity index (χ2n) is 8.17. The smallest absolute Gasteiger partial charge is 0.344 e. The Hall–Kier alpha value is -2.36. The molecule has 1 amide bonds. The third-order valence-corrected chi connectivity index (χ3v) is 5.20. The lowest BCUT2D eigenvalue weighted by molar-refractivity contribution is -0.140. The van der Waals surface area contributed by atoms with Gasteiger partial charge in [0.05, 0.1) is 6.61 Å². The van der Waals surface area contributed by atoms with Gasteiger partial charge in [-0.05, 0) is 70.4 Å². The number of carbonyl (C=O) groups is 2. The first-order chi connectivity index (χ1) is 13.6. The fraction of sp³-hybridized carbons (Fsp3) is 0.520. The molecule has 0 saturated carbocycles. The number of nitrogens with one attached hydrogen (secondary N) is 1. The maximum atomic E-state index is 12.2. The van der Waals surface area contributed by atoms with E-state index in [9.17, 15) is 9.59 Å². The van der Waals surface area contributed by atoms with Crippen molar-refractivity contribution in [3.05, 3.63) is 58.2 Å². The van der Waals surface area contributed by atoms with Crippen LogP contribution in [-0.4, -0.2) is 25.0 Å². The van der Waals surface area contributed by atoms with Crippen LogP contribution in [0.4, 0.5) is 0 Å². The summed E-state index contributed by atoms with van der Waals surface area (Å²) < 4.78 is 5.03. The predicted molar refractivity (Wildman–Crippen MR) is 120 cm³/mol. The molecule has 0 fully saturated rings. The molecule has 0 bridgehead atoms. The van der Waals surface area contributed by atoms with Crippen molar-refractivity contribution in [3.63, 3.8) is 0 Å². The molecular weight excluding hydrogens is 362 g/mol. The van der Waals surface area contributed by atoms with Crippen LogP contribution in [0.1, 0.15) is 67.7 Å². The van der Waals surface area contributed by atoms with Crippen molar-refractivity contribution in [1.82, 2.24) is 5.32 Å². The Balaban J connectivity index is 3.01. The minimum atomic E-state index is -0.594. The van der Waals surface area contributed by atoms with Gasteiger partial charge in [-0.1, -0.05) is 55.4 Å². The second-order valence-corrected chi connectivity index (χ2v) is 8.17. The van der Waals surface area contributed by atoms with Crippen LogP contribution in [0.5, 0.6) is 0 Å². The average Bonchev–Trinajstić information content (AvgIpc) is 2.61. The second kappa shape index (κ2) is 11.6. The Bertz CT molecular complexity index is 741. The largest absolute Gasteiger partial charge is 0.462 e. The highest BCUT2D eigenvalue weighted by atomic mass is 16.5. The van der Waals surface area contributed by atoms with Gasteiger partial charge in [-0.15, -0.1) is 0 Å². The number of ether oxygens (including phenoxy) is 1. The molecule has 1 aliphatic carbocycles. The van der Waals surface area contributed by atoms with Crippen LogP contribution in [0, 0.1) is 5.41 Å². The number of rotatable bonds is 8. The van der Waals surface area contributed by atoms with Crippen molar-refractivity contribution in [2.24, 2.45) is 5.41 Å². The molecule has 0 unspecified atom stereocenters. The molecule has 1 aliphatic rings. The Morgan fingerprint density at radius 3 is 2.45 bits per heavy atom. The molecule has 0 heterocycles. The van der Waals surface area contributed by atoms with Crippen molar-refractivity contribution < 1.29 is 14.3 Å². The lowest BCUT2D eigenvalue weighted by atomic mass is 9.72. The van der Waals surface area contributed by atoms with Crippen LogP contribution in [0.3, 0.4) is 0 Å². The standard InChI is InChI=1S/C25H37NO3/c1-8-26-23(27)22(24(28)29-9-2)20(5)13-10-12-18(3)15-16-21-19(4)14-11-17-25(21,6)7/h10,12-13,15-16H,8-9,11,14,17H2,1-7H3,(H,26,27)/b13-10+,16-15+,18-12+,22-20-. The van der Waals surface area contributed by atoms with E-state index in [4.69, 9.17) is 4.74 Å². The van der Waals surface area contributed by atoms with E-state index in [0.717, 1.165) is 5.57 Å². The molecule has 29 heavy (non-hydrogen) atoms. The Morgan fingerprint density at radius 1 is 1.17 bits per heavy atom. The molecule has 0 atom stereocenters. The van der Waals surface area contributed by atoms with E-state index in [1.54, 1.807) is 19.9 Å². The summed E-state index contributed by atoms with van der Waals surface area (Å²) in [6.07, 6.45) is 13.6. The van der Waals surface area contributed by atoms with Crippen molar-refractivity contribution >= 4 is 11.9 Å². The van der Waals surface area contributed by atoms with E-state index in [1.807, 2.05) is 26.0 Å². The van der Waals surface area contributed by atoms with Gasteiger partial charge < -0.3 is 10.1 Å². The van der Waals surface area contributed by atoms with Crippen LogP contribution < -0.4 is 5.32 Å². The number of hydrogen-bond acceptors (Lipinski definition) is 3. The van der Waals surface area contributed by atoms with E-state index < -0.39 is 11.9 Å². The predicted octanol–water partition coefficient (Wildman–Crippen LogP) is 5.59. The first-order valence-corrected chi connectivity index (χ1v) is 10.5. The number of esters is 1. The van der Waals surface area contributed by atoms with Gasteiger partial charge in [0.15, 0.2) is 0 Å². The van der Waals surface area contributed by atoms with E-state index >= 15 is 0 Å². The quantitative estimate of drug-likeness (QED) is 0.190. The Labute approximate surface area is 176 Å². The molecule has 0 aromatic rings. The number of likely N-dealkylation sites (N-methyl/N-ethyl adjacent to an activating group) is 1. The van der Waals surface area contributed by atoms with E-state index in [-0.39, 0.29) is 17.6 Å². The molecule has 4 heteroatoms. The lowest BCUT2D eigenvalue weighted by Crippen LogP contribution is -2.30. The highest BCUT2D eigenvalue weighted by Crippen LogP contribution is 2.40. The number of hydrogen-bond donors (Lipinski definition) is 1. The van der Waals surface area contributed by atoms with Gasteiger partial charge in [0.25, 0.3) is 5.91 Å². The minimum Gasteiger partial charge on any atom is -0.462 e. The summed E-state index contributed by atoms with van der Waals surface area (Å²) in [7, 11) is 0. The van der Waals surface area contributed by atoms with Crippen LogP contribution >= 0.6 is 0 Å². The summed E-state index contributed by atoms with van der Waals surface area (Å²) in [6, 6.07) is 0. The molecule has 0 aromatic heterocycles. The third kappa shape index (κ3) is 7.52. The molecule has 0 radical (unpaired) electrons. The van der Waals surface area contributed by atoms with Crippen molar-refractivity contribution in [3.8, 4) is 0 Å². The summed E-state index contributed by atoms with van der Waals surface area (Å²) in [4.78, 5) is 24.4. The highest BCUT2D eigenvalue weighted by Gasteiger charge is 2.26. The molecule has 1 N–H and O–H groups in total. The topological polar surface area (TPSA) is 55.4 Å². The molecule has 0 aliphatic heterocycles. The number of amides is 1. The first-order valence-electron chi connectivity index (χ1n) is 10.5. The molecule has 0 spiro atoms. The summed E-state index contributed by atoms with van der Waals surface area (Å²) >= 11 is 0. The zero-order valence-corrected chi connectivity index (χ0v) is 19.1. The van der Waals surface area contributed by atoms with Crippen LogP contribution in [0.2, 0.25) is 0 Å². The monoisotopic (exact) mass is 399 g/mol. The van der Waals surface area contributed by atoms with Crippen molar-refractivity contribution in [2.45, 2.75) is 67.7 Å². The van der Waals surface area contributed by atoms with Gasteiger partial charge in [-0.3, -0.25) is 4.79 Å². The zero-order valence-electron chi connectivity index (χ0n) is 19.1. The third-order valence-electron chi connectivity index (χ3n) is 5.20. The number of allylic oxidation sites excluding steroid dienone is 9. The van der Waals surface area contributed by atoms with Gasteiger partial charge in [-0.25, -0.2) is 4.79 Å². The highest BCUT2D eigenvalue weighted by molar-refractivity contribution is 6.17. The van der Waals surface area contributed by atoms with Crippen LogP contribution in [-0.2, 0) is 14.3 Å². The average molecular weight is 400 g/mol. The summed E-state index contributed by atoms with van der Waals surface area (Å²) in [6.45, 7) is 14.9. The SMILES string of the molecule is CCNC(=O)/C(C(=O)OCC)=C(C)/C=C/C=C(C)/C=C/C1=C(C)CCCC1(C)C. The van der Waals surface area contributed by atoms with Crippen molar-refractivity contribution in [1.29, 1.82) is 0 Å². The molecule has 0 saturated heterocycles. The maximum Gasteiger partial charge on any atom is 0.344 e. The van der Waals surface area contributed by atoms with Gasteiger partial charge >= 0.3 is 5.97 Å². The maximum absolute atomic E-state index is 12.2. The van der Waals surface area contributed by atoms with Crippen LogP contribution in [0.25, 0.3) is 0 Å². The summed E-state index contributed by atoms with van der Waals surface area (Å²) in [5, 5.41) is 2.67. The fourth-order valence-electron chi connectivity index (χ4n) is 3.59. The van der Waals surface area contributed by atoms with Gasteiger partial charge in [0.2, 0.25) is 0 Å². The van der Waals surface area contributed by atoms with E-state index in [1.165, 1.54) is 30.4 Å². The Morgan fingerprint density at radius 2 is 1.86 bits per heavy atom. The van der Waals surface area contributed by atoms with Crippen molar-refractivity contribution in [2.75, 3.05) is 13.2 Å². The fourth-order valence-corrected chi connectivity index (χ4v) is 3.59. The Kier molecular flexibility index (Phi) is 9.87. The van der Waals surface area contributed by atoms with Gasteiger partial charge in [0.1, 0.15) is 5.57 Å². The van der Waals surface area contributed by atoms with Gasteiger partial charge in [-0.2, -0.15) is 0 Å². The molecule has 1 rings (SSSR count). The normalized spacial score (nSPS) is 18.2. The summed E-state index contributed by atoms with van der Waals surface area (Å²) in [5.41, 5.74) is 4.85. The minimum absolute atomic E-state index is 0.0521. The first kappa shape index (κ1) is 24.7. The number of carbonyl (C=O) groups excluding carboxylic acids is 2. The molecule has 4 nitrogen and oxygen atoms in total. The van der Waals surface area contributed by atoms with E-state index in [2.05, 4.69) is 38.2 Å². The lowest BCUT2D eigenvalue weighted by Gasteiger charge is -2.32. The van der Waals surface area contributed by atoms with Gasteiger partial charge in [0, 0.05) is 6.54 Å². The van der Waals surface area contributed by atoms with Crippen LogP contribution in [0.15, 0.2) is 58.2 Å². The molecule has 160 valence electrons. The summed E-state index contributed by atoms with van der Waals surface area (Å²) in [5.74, 6) is -1.00. The van der Waals surface area contributed by atoms with E-state index in [0.29, 0.717) is 12.1 Å².